The molecule has 0 N–H and O–H groups in total. The zero-order valence-electron chi connectivity index (χ0n) is 19.5. The zero-order chi connectivity index (χ0) is 24.8. The first-order valence-electron chi connectivity index (χ1n) is 11.2. The molecule has 0 amide bonds. The highest BCUT2D eigenvalue weighted by atomic mass is 35.5. The topological polar surface area (TPSA) is 132 Å². The summed E-state index contributed by atoms with van der Waals surface area (Å²) in [5.41, 5.74) is 2.60. The van der Waals surface area contributed by atoms with Crippen molar-refractivity contribution in [1.29, 1.82) is 0 Å². The van der Waals surface area contributed by atoms with Crippen molar-refractivity contribution in [1.82, 2.24) is 50.2 Å². The van der Waals surface area contributed by atoms with Crippen LogP contribution >= 0.6 is 25.1 Å². The van der Waals surface area contributed by atoms with Gasteiger partial charge in [0, 0.05) is 13.1 Å². The second-order valence-electron chi connectivity index (χ2n) is 8.70. The standard InChI is InChI=1S/C22H19ClFN11O.H2S/c1-32-20(9-25-29-32)16-11-33(30-27-16)19(8-13-2-3-13)17-6-4-14(10-35(17)36)21-18(34-12-26-28-31-34)7-5-15(23)22(21)24;/h4-7,9-13,19H,2-3,8H2,1H3;1H2/t19-;/m0./s1. The minimum atomic E-state index is -0.669. The van der Waals surface area contributed by atoms with E-state index in [1.54, 1.807) is 47.0 Å². The van der Waals surface area contributed by atoms with Crippen molar-refractivity contribution in [3.05, 3.63) is 70.9 Å². The van der Waals surface area contributed by atoms with Gasteiger partial charge in [0.1, 0.15) is 23.8 Å². The van der Waals surface area contributed by atoms with Gasteiger partial charge in [0.25, 0.3) is 0 Å². The smallest absolute Gasteiger partial charge is 0.217 e. The minimum Gasteiger partial charge on any atom is -0.618 e. The van der Waals surface area contributed by atoms with E-state index in [1.807, 2.05) is 0 Å². The largest absolute Gasteiger partial charge is 0.618 e. The second-order valence-corrected chi connectivity index (χ2v) is 9.11. The molecule has 0 bridgehead atoms. The van der Waals surface area contributed by atoms with E-state index in [-0.39, 0.29) is 30.1 Å². The van der Waals surface area contributed by atoms with Crippen molar-refractivity contribution in [2.75, 3.05) is 0 Å². The van der Waals surface area contributed by atoms with E-state index in [0.29, 0.717) is 34.3 Å². The van der Waals surface area contributed by atoms with E-state index in [2.05, 4.69) is 36.1 Å². The van der Waals surface area contributed by atoms with Crippen LogP contribution in [0.2, 0.25) is 5.02 Å². The number of aryl methyl sites for hydroxylation is 1. The number of benzene rings is 1. The molecule has 0 spiro atoms. The molecule has 37 heavy (non-hydrogen) atoms. The third-order valence-electron chi connectivity index (χ3n) is 6.30. The lowest BCUT2D eigenvalue weighted by Crippen LogP contribution is -2.35. The molecule has 4 aromatic heterocycles. The Balaban J connectivity index is 0.00000280. The van der Waals surface area contributed by atoms with Gasteiger partial charge >= 0.3 is 0 Å². The van der Waals surface area contributed by atoms with Gasteiger partial charge in [-0.3, -0.25) is 0 Å². The number of aromatic nitrogens is 11. The van der Waals surface area contributed by atoms with Crippen molar-refractivity contribution in [2.45, 2.75) is 25.3 Å². The van der Waals surface area contributed by atoms with Crippen molar-refractivity contribution in [3.8, 4) is 28.2 Å². The van der Waals surface area contributed by atoms with Gasteiger partial charge in [-0.1, -0.05) is 34.9 Å². The maximum atomic E-state index is 15.2. The lowest BCUT2D eigenvalue weighted by atomic mass is 10.0. The summed E-state index contributed by atoms with van der Waals surface area (Å²) in [7, 11) is 1.77. The summed E-state index contributed by atoms with van der Waals surface area (Å²) in [6.07, 6.45) is 9.00. The third-order valence-corrected chi connectivity index (χ3v) is 6.60. The number of pyridine rings is 1. The molecule has 1 aliphatic rings. The van der Waals surface area contributed by atoms with Gasteiger partial charge in [0.2, 0.25) is 5.69 Å². The van der Waals surface area contributed by atoms with Gasteiger partial charge in [-0.25, -0.2) is 13.8 Å². The summed E-state index contributed by atoms with van der Waals surface area (Å²) in [6, 6.07) is 6.04. The third kappa shape index (κ3) is 4.64. The molecule has 1 aromatic carbocycles. The van der Waals surface area contributed by atoms with Crippen LogP contribution in [-0.2, 0) is 7.05 Å². The maximum absolute atomic E-state index is 15.2. The summed E-state index contributed by atoms with van der Waals surface area (Å²) >= 11 is 6.07. The molecule has 15 heteroatoms. The van der Waals surface area contributed by atoms with E-state index in [4.69, 9.17) is 11.6 Å². The van der Waals surface area contributed by atoms with E-state index in [9.17, 15) is 5.21 Å². The zero-order valence-corrected chi connectivity index (χ0v) is 21.2. The lowest BCUT2D eigenvalue weighted by Gasteiger charge is -2.17. The fourth-order valence-corrected chi connectivity index (χ4v) is 4.44. The van der Waals surface area contributed by atoms with Gasteiger partial charge in [-0.05, 0) is 41.0 Å². The molecular formula is C22H21ClFN11OS. The van der Waals surface area contributed by atoms with Crippen LogP contribution in [0.15, 0.2) is 49.2 Å². The second kappa shape index (κ2) is 9.86. The molecule has 0 radical (unpaired) electrons. The average molecular weight is 542 g/mol. The molecule has 1 saturated carbocycles. The molecular weight excluding hydrogens is 521 g/mol. The summed E-state index contributed by atoms with van der Waals surface area (Å²) in [4.78, 5) is 0. The van der Waals surface area contributed by atoms with Gasteiger partial charge in [-0.15, -0.1) is 15.3 Å². The van der Waals surface area contributed by atoms with Crippen molar-refractivity contribution in [3.63, 3.8) is 0 Å². The van der Waals surface area contributed by atoms with Gasteiger partial charge < -0.3 is 5.21 Å². The van der Waals surface area contributed by atoms with Crippen LogP contribution in [0.4, 0.5) is 4.39 Å². The van der Waals surface area contributed by atoms with Gasteiger partial charge in [0.15, 0.2) is 12.0 Å². The lowest BCUT2D eigenvalue weighted by molar-refractivity contribution is -0.615. The molecule has 190 valence electrons. The predicted octanol–water partition coefficient (Wildman–Crippen LogP) is 2.64. The van der Waals surface area contributed by atoms with Crippen molar-refractivity contribution < 1.29 is 9.12 Å². The Kier molecular flexibility index (Phi) is 6.60. The Morgan fingerprint density at radius 2 is 2.00 bits per heavy atom. The Morgan fingerprint density at radius 1 is 1.16 bits per heavy atom. The normalized spacial score (nSPS) is 13.9. The molecule has 4 heterocycles. The fourth-order valence-electron chi connectivity index (χ4n) is 4.28. The molecule has 6 rings (SSSR count). The quantitative estimate of drug-likeness (QED) is 0.227. The summed E-state index contributed by atoms with van der Waals surface area (Å²) in [5, 5.41) is 40.8. The predicted molar refractivity (Wildman–Crippen MR) is 134 cm³/mol. The fraction of sp³-hybridized carbons (Fsp3) is 0.273. The highest BCUT2D eigenvalue weighted by Gasteiger charge is 2.33. The Labute approximate surface area is 221 Å². The van der Waals surface area contributed by atoms with Gasteiger partial charge in [-0.2, -0.15) is 22.9 Å². The molecule has 1 fully saturated rings. The molecule has 1 aliphatic carbocycles. The number of halogens is 2. The van der Waals surface area contributed by atoms with E-state index in [1.165, 1.54) is 23.3 Å². The number of rotatable bonds is 7. The first-order chi connectivity index (χ1) is 17.5. The molecule has 0 aliphatic heterocycles. The molecule has 1 atom stereocenters. The molecule has 5 aromatic rings. The van der Waals surface area contributed by atoms with Crippen LogP contribution in [0.5, 0.6) is 0 Å². The van der Waals surface area contributed by atoms with Crippen LogP contribution in [0.25, 0.3) is 28.2 Å². The molecule has 12 nitrogen and oxygen atoms in total. The molecule has 0 unspecified atom stereocenters. The summed E-state index contributed by atoms with van der Waals surface area (Å²) in [6.45, 7) is 0. The monoisotopic (exact) mass is 541 g/mol. The molecule has 0 saturated heterocycles. The van der Waals surface area contributed by atoms with Crippen LogP contribution in [0.3, 0.4) is 0 Å². The average Bonchev–Trinajstić information content (AvgIpc) is 3.24. The Hall–Kier alpha value is -3.91. The van der Waals surface area contributed by atoms with E-state index < -0.39 is 5.82 Å². The first-order valence-corrected chi connectivity index (χ1v) is 11.6. The SMILES string of the molecule is Cn1nncc1-c1cn([C@@H](CC2CC2)c2ccc(-c3c(-n4cnnn4)ccc(Cl)c3F)c[n+]2[O-])nn1.S. The van der Waals surface area contributed by atoms with Crippen LogP contribution in [0, 0.1) is 16.9 Å². The van der Waals surface area contributed by atoms with E-state index in [0.717, 1.165) is 24.0 Å². The highest BCUT2D eigenvalue weighted by Crippen LogP contribution is 2.39. The van der Waals surface area contributed by atoms with Crippen LogP contribution in [-0.4, -0.2) is 50.2 Å². The van der Waals surface area contributed by atoms with Crippen LogP contribution in [0.1, 0.15) is 31.0 Å². The first kappa shape index (κ1) is 24.8. The Bertz CT molecular complexity index is 1550. The van der Waals surface area contributed by atoms with Crippen molar-refractivity contribution in [2.24, 2.45) is 13.0 Å². The number of nitrogens with zero attached hydrogens (tertiary/aromatic N) is 11. The summed E-state index contributed by atoms with van der Waals surface area (Å²) in [5.74, 6) is -0.171. The maximum Gasteiger partial charge on any atom is 0.217 e. The Morgan fingerprint density at radius 3 is 2.68 bits per heavy atom. The summed E-state index contributed by atoms with van der Waals surface area (Å²) < 4.78 is 20.5. The highest BCUT2D eigenvalue weighted by molar-refractivity contribution is 7.59. The number of hydrogen-bond donors (Lipinski definition) is 0. The van der Waals surface area contributed by atoms with Crippen LogP contribution < -0.4 is 4.73 Å². The van der Waals surface area contributed by atoms with E-state index >= 15 is 4.39 Å². The number of hydrogen-bond acceptors (Lipinski definition) is 8. The van der Waals surface area contributed by atoms with Crippen molar-refractivity contribution >= 4 is 25.1 Å². The number of tetrazole rings is 1. The van der Waals surface area contributed by atoms with Gasteiger partial charge in [0.05, 0.1) is 34.2 Å². The minimum absolute atomic E-state index is 0.